The van der Waals surface area contributed by atoms with Gasteiger partial charge in [-0.2, -0.15) is 13.2 Å². The first-order valence-corrected chi connectivity index (χ1v) is 8.90. The van der Waals surface area contributed by atoms with Gasteiger partial charge in [-0.1, -0.05) is 49.4 Å². The molecule has 2 rings (SSSR count). The minimum Gasteiger partial charge on any atom is -1.00 e. The minimum atomic E-state index is -4.60. The zero-order chi connectivity index (χ0) is 17.7. The molecule has 0 aliphatic rings. The number of rotatable bonds is 6. The number of carbonyl (C=O) groups is 1. The molecule has 0 bridgehead atoms. The molecule has 0 N–H and O–H groups in total. The van der Waals surface area contributed by atoms with Gasteiger partial charge in [0.1, 0.15) is 13.7 Å². The van der Waals surface area contributed by atoms with E-state index in [0.717, 1.165) is 6.42 Å². The summed E-state index contributed by atoms with van der Waals surface area (Å²) in [6, 6.07) is 13.2. The van der Waals surface area contributed by atoms with Crippen LogP contribution < -0.4 is 28.9 Å². The van der Waals surface area contributed by atoms with E-state index in [9.17, 15) is 18.0 Å². The fraction of sp³-hybridized carbons (Fsp3) is 0.278. The number of hydrogen-bond donors (Lipinski definition) is 0. The first kappa shape index (κ1) is 21.8. The fourth-order valence-electron chi connectivity index (χ4n) is 2.08. The van der Waals surface area contributed by atoms with Crippen LogP contribution in [0.3, 0.4) is 0 Å². The molecule has 2 unspecified atom stereocenters. The Hall–Kier alpha value is -1.27. The van der Waals surface area contributed by atoms with Crippen molar-refractivity contribution in [2.24, 2.45) is 0 Å². The molecule has 0 spiro atoms. The van der Waals surface area contributed by atoms with Gasteiger partial charge in [0.2, 0.25) is 0 Å². The fourth-order valence-corrected chi connectivity index (χ4v) is 3.69. The predicted octanol–water partition coefficient (Wildman–Crippen LogP) is 2.45. The Kier molecular flexibility index (Phi) is 8.21. The summed E-state index contributed by atoms with van der Waals surface area (Å²) in [6.07, 6.45) is 0.773. The minimum absolute atomic E-state index is 0. The maximum Gasteiger partial charge on any atom is 1.00 e. The van der Waals surface area contributed by atoms with E-state index < -0.39 is 19.4 Å². The molecule has 7 heteroatoms. The Morgan fingerprint density at radius 2 is 1.68 bits per heavy atom. The molecule has 0 amide bonds. The summed E-state index contributed by atoms with van der Waals surface area (Å²) in [5, 5.41) is -0.0251. The van der Waals surface area contributed by atoms with Gasteiger partial charge in [0.25, 0.3) is 0 Å². The van der Waals surface area contributed by atoms with Gasteiger partial charge in [-0.3, -0.25) is 4.79 Å². The van der Waals surface area contributed by atoms with Crippen molar-refractivity contribution in [1.82, 2.24) is 0 Å². The van der Waals surface area contributed by atoms with Crippen LogP contribution in [-0.4, -0.2) is 17.5 Å². The van der Waals surface area contributed by atoms with Crippen LogP contribution in [0.15, 0.2) is 54.6 Å². The Morgan fingerprint density at radius 1 is 1.12 bits per heavy atom. The molecule has 2 nitrogen and oxygen atoms in total. The summed E-state index contributed by atoms with van der Waals surface area (Å²) < 4.78 is 46.0. The average Bonchev–Trinajstić information content (AvgIpc) is 2.56. The van der Waals surface area contributed by atoms with Crippen LogP contribution in [0.25, 0.3) is 0 Å². The van der Waals surface area contributed by atoms with E-state index in [1.807, 2.05) is 13.8 Å². The summed E-state index contributed by atoms with van der Waals surface area (Å²) in [5.74, 6) is -4.10. The van der Waals surface area contributed by atoms with Crippen LogP contribution >= 0.6 is 7.92 Å². The molecule has 0 aliphatic carbocycles. The van der Waals surface area contributed by atoms with Crippen molar-refractivity contribution in [2.75, 3.05) is 0 Å². The Morgan fingerprint density at radius 3 is 2.16 bits per heavy atom. The molecule has 0 heterocycles. The molecule has 2 atom stereocenters. The summed E-state index contributed by atoms with van der Waals surface area (Å²) >= 11 is 0. The van der Waals surface area contributed by atoms with E-state index in [0.29, 0.717) is 5.75 Å². The Balaban J connectivity index is 0.00000312. The van der Waals surface area contributed by atoms with Crippen molar-refractivity contribution in [3.63, 3.8) is 0 Å². The van der Waals surface area contributed by atoms with Crippen molar-refractivity contribution in [1.29, 1.82) is 0 Å². The van der Waals surface area contributed by atoms with E-state index in [-0.39, 0.29) is 37.3 Å². The summed E-state index contributed by atoms with van der Waals surface area (Å²) in [5.41, 5.74) is -0.824. The zero-order valence-corrected chi connectivity index (χ0v) is 15.3. The van der Waals surface area contributed by atoms with Crippen LogP contribution in [0, 0.1) is 0 Å². The van der Waals surface area contributed by atoms with E-state index in [1.54, 1.807) is 18.2 Å². The smallest absolute Gasteiger partial charge is 1.00 e. The first-order valence-electron chi connectivity index (χ1n) is 7.56. The van der Waals surface area contributed by atoms with Gasteiger partial charge in [-0.05, 0) is 30.8 Å². The van der Waals surface area contributed by atoms with Gasteiger partial charge in [0.15, 0.2) is 5.52 Å². The third-order valence-electron chi connectivity index (χ3n) is 3.48. The third-order valence-corrected chi connectivity index (χ3v) is 5.47. The Bertz CT molecular complexity index is 681. The molecule has 0 aliphatic heterocycles. The van der Waals surface area contributed by atoms with Gasteiger partial charge in [-0.15, -0.1) is 0 Å². The van der Waals surface area contributed by atoms with Crippen LogP contribution in [0.2, 0.25) is 0 Å². The molecule has 2 aromatic rings. The number of hydrogen-bond acceptors (Lipinski definition) is 2. The maximum absolute atomic E-state index is 13.5. The standard InChI is InChI=1S/C18H18F3O2P.Li.H/c1-3-13(2)23-15-9-11-16(12-10-15)24(18(19,20)21)17(22)14-7-5-4-6-8-14;;/h4-13H,3H2,1-2H3;;/q;+1;-1. The summed E-state index contributed by atoms with van der Waals surface area (Å²) in [6.45, 7) is 3.84. The normalized spacial score (nSPS) is 13.5. The van der Waals surface area contributed by atoms with Gasteiger partial charge in [0, 0.05) is 5.56 Å². The molecule has 2 aromatic carbocycles. The van der Waals surface area contributed by atoms with E-state index in [2.05, 4.69) is 0 Å². The SMILES string of the molecule is CCC(C)Oc1ccc(P(C(=O)c2ccccc2)C(F)(F)F)cc1.[H-].[Li+]. The second kappa shape index (κ2) is 9.43. The van der Waals surface area contributed by atoms with Gasteiger partial charge < -0.3 is 6.16 Å². The summed E-state index contributed by atoms with van der Waals surface area (Å²) in [4.78, 5) is 12.4. The molecule has 0 saturated heterocycles. The van der Waals surface area contributed by atoms with Crippen molar-refractivity contribution in [3.8, 4) is 5.75 Å². The second-order valence-corrected chi connectivity index (χ2v) is 7.41. The zero-order valence-electron chi connectivity index (χ0n) is 15.4. The third kappa shape index (κ3) is 5.89. The van der Waals surface area contributed by atoms with Crippen molar-refractivity contribution in [3.05, 3.63) is 60.2 Å². The van der Waals surface area contributed by atoms with Crippen LogP contribution in [0.5, 0.6) is 5.75 Å². The topological polar surface area (TPSA) is 26.3 Å². The number of halogens is 3. The van der Waals surface area contributed by atoms with Gasteiger partial charge in [-0.25, -0.2) is 0 Å². The van der Waals surface area contributed by atoms with Crippen LogP contribution in [-0.2, 0) is 0 Å². The number of alkyl halides is 3. The largest absolute Gasteiger partial charge is 1.00 e. The molecule has 0 aromatic heterocycles. The monoisotopic (exact) mass is 362 g/mol. The summed E-state index contributed by atoms with van der Waals surface area (Å²) in [7, 11) is -2.97. The number of carbonyl (C=O) groups excluding carboxylic acids is 1. The Labute approximate surface area is 160 Å². The average molecular weight is 362 g/mol. The van der Waals surface area contributed by atoms with Crippen molar-refractivity contribution < 1.29 is 43.0 Å². The van der Waals surface area contributed by atoms with Crippen LogP contribution in [0.1, 0.15) is 32.1 Å². The van der Waals surface area contributed by atoms with E-state index in [4.69, 9.17) is 4.74 Å². The molecule has 0 fully saturated rings. The molecule has 0 radical (unpaired) electrons. The molecule has 0 saturated carbocycles. The van der Waals surface area contributed by atoms with E-state index >= 15 is 0 Å². The first-order chi connectivity index (χ1) is 11.3. The van der Waals surface area contributed by atoms with Crippen LogP contribution in [0.4, 0.5) is 13.2 Å². The number of benzene rings is 2. The molecule has 130 valence electrons. The van der Waals surface area contributed by atoms with Crippen molar-refractivity contribution >= 4 is 18.8 Å². The van der Waals surface area contributed by atoms with Gasteiger partial charge in [0.05, 0.1) is 6.10 Å². The predicted molar refractivity (Wildman–Crippen MR) is 91.3 cm³/mol. The van der Waals surface area contributed by atoms with Gasteiger partial charge >= 0.3 is 24.8 Å². The molecular formula is C18H19F3LiO2P. The molecular weight excluding hydrogens is 343 g/mol. The maximum atomic E-state index is 13.5. The second-order valence-electron chi connectivity index (χ2n) is 5.31. The van der Waals surface area contributed by atoms with Crippen molar-refractivity contribution in [2.45, 2.75) is 32.3 Å². The number of ether oxygens (including phenoxy) is 1. The van der Waals surface area contributed by atoms with E-state index in [1.165, 1.54) is 36.4 Å². The quantitative estimate of drug-likeness (QED) is 0.583. The molecule has 25 heavy (non-hydrogen) atoms.